The van der Waals surface area contributed by atoms with Crippen molar-refractivity contribution in [3.63, 3.8) is 0 Å². The number of amides is 1. The van der Waals surface area contributed by atoms with Crippen LogP contribution < -0.4 is 5.32 Å². The first-order valence-electron chi connectivity index (χ1n) is 8.30. The minimum atomic E-state index is -3.11. The van der Waals surface area contributed by atoms with Crippen molar-refractivity contribution in [3.05, 3.63) is 52.6 Å². The van der Waals surface area contributed by atoms with E-state index in [1.165, 1.54) is 29.0 Å². The first-order valence-corrected chi connectivity index (χ1v) is 10.5. The molecule has 1 aliphatic rings. The Balaban J connectivity index is 1.77. The zero-order valence-corrected chi connectivity index (χ0v) is 16.4. The van der Waals surface area contributed by atoms with Crippen LogP contribution in [0.1, 0.15) is 24.6 Å². The van der Waals surface area contributed by atoms with Gasteiger partial charge < -0.3 is 5.32 Å². The molecule has 3 rings (SSSR count). The first-order chi connectivity index (χ1) is 12.6. The Morgan fingerprint density at radius 2 is 2.04 bits per heavy atom. The molecular formula is C18H19ClFN3O3S. The summed E-state index contributed by atoms with van der Waals surface area (Å²) >= 11 is 6.37. The van der Waals surface area contributed by atoms with E-state index < -0.39 is 21.3 Å². The van der Waals surface area contributed by atoms with Crippen molar-refractivity contribution in [3.8, 4) is 5.69 Å². The predicted octanol–water partition coefficient (Wildman–Crippen LogP) is 2.68. The summed E-state index contributed by atoms with van der Waals surface area (Å²) in [7, 11) is -3.11. The molecule has 9 heteroatoms. The van der Waals surface area contributed by atoms with Gasteiger partial charge in [0.15, 0.2) is 9.84 Å². The van der Waals surface area contributed by atoms with Gasteiger partial charge in [-0.05, 0) is 50.6 Å². The maximum Gasteiger partial charge on any atom is 0.244 e. The normalized spacial score (nSPS) is 21.6. The fourth-order valence-corrected chi connectivity index (χ4v) is 5.49. The number of aromatic nitrogens is 2. The fraction of sp³-hybridized carbons (Fsp3) is 0.333. The number of nitrogens with zero attached hydrogens (tertiary/aromatic N) is 2. The van der Waals surface area contributed by atoms with Crippen LogP contribution in [0.4, 0.5) is 4.39 Å². The van der Waals surface area contributed by atoms with Crippen molar-refractivity contribution in [1.82, 2.24) is 15.1 Å². The van der Waals surface area contributed by atoms with Crippen LogP contribution in [0.15, 0.2) is 30.3 Å². The Labute approximate surface area is 161 Å². The Kier molecular flexibility index (Phi) is 5.14. The van der Waals surface area contributed by atoms with Gasteiger partial charge in [-0.1, -0.05) is 11.6 Å². The van der Waals surface area contributed by atoms with Gasteiger partial charge in [0.2, 0.25) is 5.91 Å². The zero-order valence-electron chi connectivity index (χ0n) is 14.9. The second kappa shape index (κ2) is 7.09. The minimum absolute atomic E-state index is 0.0676. The molecule has 1 unspecified atom stereocenters. The van der Waals surface area contributed by atoms with E-state index in [9.17, 15) is 17.6 Å². The third-order valence-corrected chi connectivity index (χ3v) is 6.72. The fourth-order valence-electron chi connectivity index (χ4n) is 3.06. The van der Waals surface area contributed by atoms with Crippen LogP contribution in [0.2, 0.25) is 5.15 Å². The van der Waals surface area contributed by atoms with Crippen LogP contribution in [0, 0.1) is 12.7 Å². The molecule has 1 saturated heterocycles. The highest BCUT2D eigenvalue weighted by Gasteiger charge is 2.39. The molecule has 1 atom stereocenters. The summed E-state index contributed by atoms with van der Waals surface area (Å²) in [6, 6.07) is 5.72. The molecule has 1 N–H and O–H groups in total. The van der Waals surface area contributed by atoms with E-state index in [2.05, 4.69) is 10.4 Å². The van der Waals surface area contributed by atoms with Crippen molar-refractivity contribution in [2.24, 2.45) is 0 Å². The molecule has 0 spiro atoms. The number of aryl methyl sites for hydroxylation is 1. The highest BCUT2D eigenvalue weighted by atomic mass is 35.5. The SMILES string of the molecule is Cc1nn(-c2ccc(F)cc2)c(Cl)c1C=CC(=O)NC1(C)CCS(=O)(=O)C1. The molecule has 1 aliphatic heterocycles. The summed E-state index contributed by atoms with van der Waals surface area (Å²) in [6.45, 7) is 3.46. The number of carbonyl (C=O) groups excluding carboxylic acids is 1. The van der Waals surface area contributed by atoms with E-state index in [1.54, 1.807) is 26.0 Å². The minimum Gasteiger partial charge on any atom is -0.346 e. The molecule has 6 nitrogen and oxygen atoms in total. The van der Waals surface area contributed by atoms with Gasteiger partial charge in [-0.15, -0.1) is 0 Å². The van der Waals surface area contributed by atoms with Crippen LogP contribution in [0.3, 0.4) is 0 Å². The van der Waals surface area contributed by atoms with E-state index >= 15 is 0 Å². The Morgan fingerprint density at radius 1 is 1.37 bits per heavy atom. The van der Waals surface area contributed by atoms with Crippen molar-refractivity contribution < 1.29 is 17.6 Å². The van der Waals surface area contributed by atoms with Crippen LogP contribution in [0.5, 0.6) is 0 Å². The Hall–Kier alpha value is -2.19. The summed E-state index contributed by atoms with van der Waals surface area (Å²) in [4.78, 5) is 12.2. The van der Waals surface area contributed by atoms with Crippen LogP contribution >= 0.6 is 11.6 Å². The summed E-state index contributed by atoms with van der Waals surface area (Å²) < 4.78 is 37.8. The lowest BCUT2D eigenvalue weighted by Gasteiger charge is -2.22. The van der Waals surface area contributed by atoms with Crippen LogP contribution in [-0.2, 0) is 14.6 Å². The largest absolute Gasteiger partial charge is 0.346 e. The number of carbonyl (C=O) groups is 1. The number of hydrogen-bond donors (Lipinski definition) is 1. The number of halogens is 2. The van der Waals surface area contributed by atoms with Crippen molar-refractivity contribution >= 4 is 33.4 Å². The van der Waals surface area contributed by atoms with Crippen molar-refractivity contribution in [2.75, 3.05) is 11.5 Å². The third kappa shape index (κ3) is 4.39. The summed E-state index contributed by atoms with van der Waals surface area (Å²) in [5.74, 6) is -0.761. The topological polar surface area (TPSA) is 81.1 Å². The molecule has 2 heterocycles. The van der Waals surface area contributed by atoms with E-state index in [0.717, 1.165) is 0 Å². The molecule has 1 aromatic heterocycles. The second-order valence-corrected chi connectivity index (χ2v) is 9.45. The smallest absolute Gasteiger partial charge is 0.244 e. The van der Waals surface area contributed by atoms with Gasteiger partial charge in [0.1, 0.15) is 11.0 Å². The monoisotopic (exact) mass is 411 g/mol. The molecule has 0 radical (unpaired) electrons. The lowest BCUT2D eigenvalue weighted by molar-refractivity contribution is -0.117. The molecule has 0 aliphatic carbocycles. The van der Waals surface area contributed by atoms with Gasteiger partial charge in [-0.3, -0.25) is 4.79 Å². The van der Waals surface area contributed by atoms with E-state index in [4.69, 9.17) is 11.6 Å². The number of rotatable bonds is 4. The van der Waals surface area contributed by atoms with Gasteiger partial charge in [0.25, 0.3) is 0 Å². The highest BCUT2D eigenvalue weighted by Crippen LogP contribution is 2.25. The molecule has 2 aromatic rings. The second-order valence-electron chi connectivity index (χ2n) is 6.90. The van der Waals surface area contributed by atoms with Gasteiger partial charge in [-0.2, -0.15) is 5.10 Å². The average molecular weight is 412 g/mol. The molecule has 0 bridgehead atoms. The van der Waals surface area contributed by atoms with Gasteiger partial charge in [0.05, 0.1) is 28.4 Å². The molecule has 1 amide bonds. The Bertz CT molecular complexity index is 1020. The molecule has 27 heavy (non-hydrogen) atoms. The molecule has 1 aromatic carbocycles. The number of benzene rings is 1. The quantitative estimate of drug-likeness (QED) is 0.784. The Morgan fingerprint density at radius 3 is 2.63 bits per heavy atom. The van der Waals surface area contributed by atoms with Gasteiger partial charge >= 0.3 is 0 Å². The summed E-state index contributed by atoms with van der Waals surface area (Å²) in [6.07, 6.45) is 3.23. The number of nitrogens with one attached hydrogen (secondary N) is 1. The lowest BCUT2D eigenvalue weighted by Crippen LogP contribution is -2.46. The molecule has 1 fully saturated rings. The molecule has 144 valence electrons. The van der Waals surface area contributed by atoms with Gasteiger partial charge in [0, 0.05) is 11.6 Å². The maximum atomic E-state index is 13.1. The summed E-state index contributed by atoms with van der Waals surface area (Å²) in [5, 5.41) is 7.36. The predicted molar refractivity (Wildman–Crippen MR) is 102 cm³/mol. The van der Waals surface area contributed by atoms with Crippen molar-refractivity contribution in [1.29, 1.82) is 0 Å². The van der Waals surface area contributed by atoms with Gasteiger partial charge in [-0.25, -0.2) is 17.5 Å². The van der Waals surface area contributed by atoms with Crippen molar-refractivity contribution in [2.45, 2.75) is 25.8 Å². The number of sulfone groups is 1. The zero-order chi connectivity index (χ0) is 19.8. The lowest BCUT2D eigenvalue weighted by atomic mass is 10.0. The standard InChI is InChI=1S/C18H19ClFN3O3S/c1-12-15(17(19)23(22-12)14-5-3-13(20)4-6-14)7-8-16(24)21-18(2)9-10-27(25,26)11-18/h3-8H,9-11H2,1-2H3,(H,21,24). The first kappa shape index (κ1) is 19.6. The maximum absolute atomic E-state index is 13.1. The van der Waals surface area contributed by atoms with E-state index in [0.29, 0.717) is 23.4 Å². The average Bonchev–Trinajstić information content (AvgIpc) is 3.01. The highest BCUT2D eigenvalue weighted by molar-refractivity contribution is 7.91. The van der Waals surface area contributed by atoms with Crippen LogP contribution in [-0.4, -0.2) is 41.2 Å². The molecular weight excluding hydrogens is 393 g/mol. The third-order valence-electron chi connectivity index (χ3n) is 4.45. The molecule has 0 saturated carbocycles. The van der Waals surface area contributed by atoms with E-state index in [-0.39, 0.29) is 22.5 Å². The summed E-state index contributed by atoms with van der Waals surface area (Å²) in [5.41, 5.74) is 0.984. The van der Waals surface area contributed by atoms with Crippen LogP contribution in [0.25, 0.3) is 11.8 Å². The van der Waals surface area contributed by atoms with E-state index in [1.807, 2.05) is 0 Å². The number of hydrogen-bond acceptors (Lipinski definition) is 4.